The van der Waals surface area contributed by atoms with Gasteiger partial charge in [0.05, 0.1) is 0 Å². The van der Waals surface area contributed by atoms with Gasteiger partial charge in [-0.15, -0.1) is 0 Å². The molecular formula is C28H38N2O2. The minimum absolute atomic E-state index is 0.0157. The Morgan fingerprint density at radius 3 is 1.50 bits per heavy atom. The lowest BCUT2D eigenvalue weighted by molar-refractivity contribution is 0.0896. The normalized spacial score (nSPS) is 25.9. The van der Waals surface area contributed by atoms with Gasteiger partial charge in [0.2, 0.25) is 0 Å². The summed E-state index contributed by atoms with van der Waals surface area (Å²) >= 11 is 0. The highest BCUT2D eigenvalue weighted by Gasteiger charge is 2.26. The molecule has 0 aliphatic heterocycles. The smallest absolute Gasteiger partial charge is 0.251 e. The van der Waals surface area contributed by atoms with Crippen molar-refractivity contribution >= 4 is 22.6 Å². The van der Waals surface area contributed by atoms with Crippen LogP contribution < -0.4 is 10.6 Å². The van der Waals surface area contributed by atoms with Crippen molar-refractivity contribution in [1.82, 2.24) is 10.6 Å². The van der Waals surface area contributed by atoms with E-state index >= 15 is 0 Å². The van der Waals surface area contributed by atoms with Crippen LogP contribution in [-0.4, -0.2) is 23.9 Å². The summed E-state index contributed by atoms with van der Waals surface area (Å²) < 4.78 is 0. The number of amides is 2. The van der Waals surface area contributed by atoms with E-state index in [9.17, 15) is 9.59 Å². The Hall–Kier alpha value is -2.36. The molecule has 4 rings (SSSR count). The first kappa shape index (κ1) is 22.8. The van der Waals surface area contributed by atoms with Crippen molar-refractivity contribution in [3.05, 3.63) is 47.5 Å². The summed E-state index contributed by atoms with van der Waals surface area (Å²) in [4.78, 5) is 25.8. The number of benzene rings is 2. The highest BCUT2D eigenvalue weighted by molar-refractivity contribution is 6.02. The van der Waals surface area contributed by atoms with Gasteiger partial charge in [-0.3, -0.25) is 9.59 Å². The Morgan fingerprint density at radius 2 is 1.09 bits per heavy atom. The van der Waals surface area contributed by atoms with Crippen LogP contribution in [0.3, 0.4) is 0 Å². The molecule has 0 heterocycles. The van der Waals surface area contributed by atoms with E-state index in [2.05, 4.69) is 24.5 Å². The molecule has 4 atom stereocenters. The molecule has 0 spiro atoms. The summed E-state index contributed by atoms with van der Waals surface area (Å²) in [7, 11) is 0. The van der Waals surface area contributed by atoms with Gasteiger partial charge in [0.15, 0.2) is 0 Å². The number of fused-ring (bicyclic) bond motifs is 1. The van der Waals surface area contributed by atoms with Crippen LogP contribution in [0.2, 0.25) is 0 Å². The van der Waals surface area contributed by atoms with Gasteiger partial charge in [-0.2, -0.15) is 0 Å². The lowest BCUT2D eigenvalue weighted by Gasteiger charge is -2.31. The second kappa shape index (κ2) is 10.5. The molecule has 172 valence electrons. The molecule has 4 heteroatoms. The number of hydrogen-bond donors (Lipinski definition) is 2. The zero-order valence-corrected chi connectivity index (χ0v) is 19.7. The lowest BCUT2D eigenvalue weighted by atomic mass is 9.82. The summed E-state index contributed by atoms with van der Waals surface area (Å²) in [5.74, 6) is 1.21. The highest BCUT2D eigenvalue weighted by atomic mass is 16.2. The van der Waals surface area contributed by atoms with Crippen molar-refractivity contribution in [1.29, 1.82) is 0 Å². The summed E-state index contributed by atoms with van der Waals surface area (Å²) in [6, 6.07) is 12.2. The van der Waals surface area contributed by atoms with Crippen molar-refractivity contribution in [3.63, 3.8) is 0 Å². The molecule has 0 radical (unpaired) electrons. The Labute approximate surface area is 192 Å². The molecular weight excluding hydrogens is 396 g/mol. The summed E-state index contributed by atoms with van der Waals surface area (Å²) in [6.45, 7) is 4.44. The molecule has 32 heavy (non-hydrogen) atoms. The number of carbonyl (C=O) groups is 2. The molecule has 0 bridgehead atoms. The molecule has 2 amide bonds. The van der Waals surface area contributed by atoms with Gasteiger partial charge in [-0.25, -0.2) is 0 Å². The molecule has 2 fully saturated rings. The average Bonchev–Trinajstić information content (AvgIpc) is 2.84. The third kappa shape index (κ3) is 5.16. The van der Waals surface area contributed by atoms with E-state index in [1.807, 2.05) is 36.4 Å². The van der Waals surface area contributed by atoms with Crippen molar-refractivity contribution in [2.45, 2.75) is 90.1 Å². The van der Waals surface area contributed by atoms with Gasteiger partial charge in [0.25, 0.3) is 11.8 Å². The van der Waals surface area contributed by atoms with Crippen LogP contribution in [0.25, 0.3) is 10.8 Å². The second-order valence-electron chi connectivity index (χ2n) is 9.84. The SMILES string of the molecule is CCC1CCCCC1NC(=O)c1ccc2cc(C(=O)NC3CCCCC3CC)ccc2c1. The van der Waals surface area contributed by atoms with E-state index in [1.165, 1.54) is 38.5 Å². The van der Waals surface area contributed by atoms with Crippen molar-refractivity contribution in [2.24, 2.45) is 11.8 Å². The van der Waals surface area contributed by atoms with Gasteiger partial charge in [0.1, 0.15) is 0 Å². The average molecular weight is 435 g/mol. The zero-order chi connectivity index (χ0) is 22.5. The Bertz CT molecular complexity index is 876. The molecule has 2 aliphatic carbocycles. The fourth-order valence-electron chi connectivity index (χ4n) is 5.80. The van der Waals surface area contributed by atoms with E-state index < -0.39 is 0 Å². The maximum atomic E-state index is 12.9. The third-order valence-corrected chi connectivity index (χ3v) is 7.86. The van der Waals surface area contributed by atoms with E-state index in [-0.39, 0.29) is 23.9 Å². The van der Waals surface area contributed by atoms with Gasteiger partial charge < -0.3 is 10.6 Å². The summed E-state index contributed by atoms with van der Waals surface area (Å²) in [5, 5.41) is 8.55. The zero-order valence-electron chi connectivity index (χ0n) is 19.7. The van der Waals surface area contributed by atoms with E-state index in [1.54, 1.807) is 0 Å². The topological polar surface area (TPSA) is 58.2 Å². The predicted octanol–water partition coefficient (Wildman–Crippen LogP) is 6.24. The highest BCUT2D eigenvalue weighted by Crippen LogP contribution is 2.28. The van der Waals surface area contributed by atoms with Crippen LogP contribution in [0.4, 0.5) is 0 Å². The fraction of sp³-hybridized carbons (Fsp3) is 0.571. The number of hydrogen-bond acceptors (Lipinski definition) is 2. The van der Waals surface area contributed by atoms with Crippen LogP contribution in [0.5, 0.6) is 0 Å². The van der Waals surface area contributed by atoms with Crippen LogP contribution in [-0.2, 0) is 0 Å². The number of carbonyl (C=O) groups excluding carboxylic acids is 2. The van der Waals surface area contributed by atoms with E-state index in [4.69, 9.17) is 0 Å². The fourth-order valence-corrected chi connectivity index (χ4v) is 5.80. The molecule has 0 aromatic heterocycles. The first-order valence-corrected chi connectivity index (χ1v) is 12.7. The first-order valence-electron chi connectivity index (χ1n) is 12.7. The van der Waals surface area contributed by atoms with Crippen LogP contribution in [0, 0.1) is 11.8 Å². The van der Waals surface area contributed by atoms with Crippen LogP contribution >= 0.6 is 0 Å². The number of rotatable bonds is 6. The third-order valence-electron chi connectivity index (χ3n) is 7.86. The second-order valence-corrected chi connectivity index (χ2v) is 9.84. The Morgan fingerprint density at radius 1 is 0.688 bits per heavy atom. The van der Waals surface area contributed by atoms with Gasteiger partial charge in [-0.05, 0) is 72.6 Å². The minimum Gasteiger partial charge on any atom is -0.349 e. The maximum Gasteiger partial charge on any atom is 0.251 e. The molecule has 4 unspecified atom stereocenters. The first-order chi connectivity index (χ1) is 15.6. The maximum absolute atomic E-state index is 12.9. The Balaban J connectivity index is 1.44. The molecule has 2 aliphatic rings. The monoisotopic (exact) mass is 434 g/mol. The molecule has 2 N–H and O–H groups in total. The lowest BCUT2D eigenvalue weighted by Crippen LogP contribution is -2.42. The minimum atomic E-state index is 0.0157. The summed E-state index contributed by atoms with van der Waals surface area (Å²) in [5.41, 5.74) is 1.39. The predicted molar refractivity (Wildman–Crippen MR) is 131 cm³/mol. The van der Waals surface area contributed by atoms with Gasteiger partial charge >= 0.3 is 0 Å². The molecule has 2 aromatic carbocycles. The molecule has 4 nitrogen and oxygen atoms in total. The molecule has 2 saturated carbocycles. The van der Waals surface area contributed by atoms with Gasteiger partial charge in [-0.1, -0.05) is 64.5 Å². The molecule has 2 aromatic rings. The van der Waals surface area contributed by atoms with Crippen molar-refractivity contribution < 1.29 is 9.59 Å². The summed E-state index contributed by atoms with van der Waals surface area (Å²) in [6.07, 6.45) is 11.8. The van der Waals surface area contributed by atoms with Crippen LogP contribution in [0.1, 0.15) is 98.8 Å². The van der Waals surface area contributed by atoms with Crippen molar-refractivity contribution in [3.8, 4) is 0 Å². The van der Waals surface area contributed by atoms with E-state index in [0.29, 0.717) is 23.0 Å². The Kier molecular flexibility index (Phi) is 7.49. The van der Waals surface area contributed by atoms with Gasteiger partial charge in [0, 0.05) is 23.2 Å². The van der Waals surface area contributed by atoms with Crippen LogP contribution in [0.15, 0.2) is 36.4 Å². The largest absolute Gasteiger partial charge is 0.349 e. The molecule has 0 saturated heterocycles. The van der Waals surface area contributed by atoms with E-state index in [0.717, 1.165) is 36.5 Å². The quantitative estimate of drug-likeness (QED) is 0.565. The number of nitrogens with one attached hydrogen (secondary N) is 2. The van der Waals surface area contributed by atoms with Crippen molar-refractivity contribution in [2.75, 3.05) is 0 Å². The standard InChI is InChI=1S/C28H38N2O2/c1-3-19-9-5-7-11-25(19)29-27(31)23-15-13-22-18-24(16-14-21(22)17-23)28(32)30-26-12-8-6-10-20(26)4-2/h13-20,25-26H,3-12H2,1-2H3,(H,29,31)(H,30,32).